The molecule has 0 unspecified atom stereocenters. The van der Waals surface area contributed by atoms with Gasteiger partial charge < -0.3 is 20.5 Å². The van der Waals surface area contributed by atoms with Crippen LogP contribution in [0.4, 0.5) is 5.69 Å². The fraction of sp³-hybridized carbons (Fsp3) is 0.231. The molecule has 1 fully saturated rings. The molecule has 6 rings (SSSR count). The van der Waals surface area contributed by atoms with Crippen molar-refractivity contribution in [1.29, 1.82) is 0 Å². The van der Waals surface area contributed by atoms with Gasteiger partial charge in [-0.1, -0.05) is 98.1 Å². The number of aromatic carboxylic acids is 1. The Hall–Kier alpha value is -5.28. The molecule has 3 N–H and O–H groups in total. The van der Waals surface area contributed by atoms with E-state index >= 15 is 0 Å². The van der Waals surface area contributed by atoms with E-state index in [1.54, 1.807) is 12.1 Å². The zero-order valence-electron chi connectivity index (χ0n) is 26.4. The largest absolute Gasteiger partial charge is 0.489 e. The lowest BCUT2D eigenvalue weighted by atomic mass is 9.88. The average molecular weight is 660 g/mol. The quantitative estimate of drug-likeness (QED) is 0.124. The van der Waals surface area contributed by atoms with Crippen LogP contribution in [0.2, 0.25) is 0 Å². The van der Waals surface area contributed by atoms with Crippen molar-refractivity contribution in [2.24, 2.45) is 5.92 Å². The summed E-state index contributed by atoms with van der Waals surface area (Å²) in [5.74, 6) is -0.837. The molecule has 48 heavy (non-hydrogen) atoms. The summed E-state index contributed by atoms with van der Waals surface area (Å²) < 4.78 is 5.99. The molecule has 1 saturated carbocycles. The van der Waals surface area contributed by atoms with Crippen LogP contribution in [0.1, 0.15) is 75.1 Å². The lowest BCUT2D eigenvalue weighted by Gasteiger charge is -2.24. The second-order valence-corrected chi connectivity index (χ2v) is 13.0. The predicted molar refractivity (Wildman–Crippen MR) is 187 cm³/mol. The lowest BCUT2D eigenvalue weighted by Crippen LogP contribution is -2.36. The van der Waals surface area contributed by atoms with Crippen LogP contribution >= 0.6 is 11.3 Å². The minimum Gasteiger partial charge on any atom is -0.489 e. The van der Waals surface area contributed by atoms with E-state index in [9.17, 15) is 19.5 Å². The van der Waals surface area contributed by atoms with Gasteiger partial charge in [-0.15, -0.1) is 11.3 Å². The van der Waals surface area contributed by atoms with Crippen LogP contribution in [0.3, 0.4) is 0 Å². The minimum absolute atomic E-state index is 0.00969. The number of nitrogens with one attached hydrogen (secondary N) is 2. The molecule has 0 spiro atoms. The first-order valence-corrected chi connectivity index (χ1v) is 17.0. The zero-order valence-corrected chi connectivity index (χ0v) is 27.2. The Morgan fingerprint density at radius 2 is 1.54 bits per heavy atom. The molecule has 1 heterocycles. The van der Waals surface area contributed by atoms with E-state index in [0.717, 1.165) is 54.5 Å². The normalized spacial score (nSPS) is 13.8. The number of amides is 2. The number of ether oxygens (including phenoxy) is 1. The number of rotatable bonds is 12. The first kappa shape index (κ1) is 32.7. The third-order valence-corrected chi connectivity index (χ3v) is 9.68. The molecule has 0 bridgehead atoms. The van der Waals surface area contributed by atoms with Gasteiger partial charge in [-0.25, -0.2) is 9.78 Å². The van der Waals surface area contributed by atoms with Crippen molar-refractivity contribution in [1.82, 2.24) is 10.3 Å². The number of anilines is 1. The van der Waals surface area contributed by atoms with Crippen molar-refractivity contribution < 1.29 is 24.2 Å². The maximum absolute atomic E-state index is 13.7. The summed E-state index contributed by atoms with van der Waals surface area (Å²) in [4.78, 5) is 44.4. The summed E-state index contributed by atoms with van der Waals surface area (Å²) in [6, 6.07) is 33.0. The highest BCUT2D eigenvalue weighted by atomic mass is 32.1. The van der Waals surface area contributed by atoms with E-state index in [2.05, 4.69) is 10.6 Å². The molecule has 4 aromatic carbocycles. The maximum Gasteiger partial charge on any atom is 0.335 e. The number of carbonyl (C=O) groups is 3. The van der Waals surface area contributed by atoms with Gasteiger partial charge in [0.25, 0.3) is 5.91 Å². The number of carboxylic acid groups (broad SMARTS) is 1. The van der Waals surface area contributed by atoms with E-state index < -0.39 is 17.9 Å². The monoisotopic (exact) mass is 659 g/mol. The number of hydrogen-bond acceptors (Lipinski definition) is 6. The molecule has 5 aromatic rings. The summed E-state index contributed by atoms with van der Waals surface area (Å²) in [7, 11) is 0. The van der Waals surface area contributed by atoms with E-state index in [1.165, 1.54) is 23.5 Å². The Labute approximate surface area is 283 Å². The standard InChI is InChI=1S/C39H37N3O5S/c43-36(29-15-8-3-9-16-29)41-33(23-26-19-21-32(22-20-26)47-25-27-11-4-1-5-12-27)38-42-34(35(48-38)28-13-6-2-7-14-28)37(44)40-31-18-10-17-30(24-31)39(45)46/h1-2,4-7,10-14,17-22,24,29,33H,3,8-9,15-16,23,25H2,(H,40,44)(H,41,43)(H,45,46)/t33-/m0/s1. The first-order chi connectivity index (χ1) is 23.4. The van der Waals surface area contributed by atoms with Gasteiger partial charge in [-0.3, -0.25) is 9.59 Å². The Kier molecular flexibility index (Phi) is 10.6. The summed E-state index contributed by atoms with van der Waals surface area (Å²) in [6.07, 6.45) is 5.42. The van der Waals surface area contributed by atoms with Gasteiger partial charge in [-0.05, 0) is 66.3 Å². The zero-order chi connectivity index (χ0) is 33.3. The van der Waals surface area contributed by atoms with Crippen LogP contribution in [0.15, 0.2) is 109 Å². The molecular weight excluding hydrogens is 623 g/mol. The Bertz CT molecular complexity index is 1850. The van der Waals surface area contributed by atoms with Crippen LogP contribution in [-0.4, -0.2) is 27.9 Å². The number of benzene rings is 4. The molecule has 0 saturated heterocycles. The second-order valence-electron chi connectivity index (χ2n) is 12.0. The first-order valence-electron chi connectivity index (χ1n) is 16.2. The highest BCUT2D eigenvalue weighted by Gasteiger charge is 2.29. The van der Waals surface area contributed by atoms with Gasteiger partial charge in [0.15, 0.2) is 0 Å². The van der Waals surface area contributed by atoms with Crippen molar-refractivity contribution in [3.63, 3.8) is 0 Å². The summed E-state index contributed by atoms with van der Waals surface area (Å²) in [5, 5.41) is 16.2. The number of aromatic nitrogens is 1. The Morgan fingerprint density at radius 3 is 2.25 bits per heavy atom. The van der Waals surface area contributed by atoms with Crippen LogP contribution < -0.4 is 15.4 Å². The van der Waals surface area contributed by atoms with Crippen molar-refractivity contribution in [3.8, 4) is 16.2 Å². The van der Waals surface area contributed by atoms with Gasteiger partial charge in [0.2, 0.25) is 5.91 Å². The van der Waals surface area contributed by atoms with Gasteiger partial charge in [0, 0.05) is 11.6 Å². The van der Waals surface area contributed by atoms with Crippen molar-refractivity contribution >= 4 is 34.8 Å². The van der Waals surface area contributed by atoms with E-state index in [0.29, 0.717) is 28.6 Å². The molecule has 0 radical (unpaired) electrons. The summed E-state index contributed by atoms with van der Waals surface area (Å²) in [6.45, 7) is 0.465. The van der Waals surface area contributed by atoms with Crippen molar-refractivity contribution in [2.45, 2.75) is 51.2 Å². The second kappa shape index (κ2) is 15.5. The SMILES string of the molecule is O=C(O)c1cccc(NC(=O)c2nc([C@H](Cc3ccc(OCc4ccccc4)cc3)NC(=O)C3CCCCC3)sc2-c2ccccc2)c1. The van der Waals surface area contributed by atoms with Crippen molar-refractivity contribution in [3.05, 3.63) is 137 Å². The van der Waals surface area contributed by atoms with Gasteiger partial charge >= 0.3 is 5.97 Å². The van der Waals surface area contributed by atoms with Gasteiger partial charge in [-0.2, -0.15) is 0 Å². The topological polar surface area (TPSA) is 118 Å². The third kappa shape index (κ3) is 8.35. The summed E-state index contributed by atoms with van der Waals surface area (Å²) >= 11 is 1.38. The molecule has 0 aliphatic heterocycles. The molecule has 2 amide bonds. The fourth-order valence-electron chi connectivity index (χ4n) is 5.90. The third-order valence-electron chi connectivity index (χ3n) is 8.46. The molecule has 1 aromatic heterocycles. The number of thiazole rings is 1. The van der Waals surface area contributed by atoms with Crippen LogP contribution in [0.25, 0.3) is 10.4 Å². The number of nitrogens with zero attached hydrogens (tertiary/aromatic N) is 1. The number of carboxylic acids is 1. The van der Waals surface area contributed by atoms with Crippen LogP contribution in [0.5, 0.6) is 5.75 Å². The molecule has 244 valence electrons. The molecular formula is C39H37N3O5S. The lowest BCUT2D eigenvalue weighted by molar-refractivity contribution is -0.126. The summed E-state index contributed by atoms with van der Waals surface area (Å²) in [5.41, 5.74) is 3.53. The molecule has 1 aliphatic rings. The number of carbonyl (C=O) groups excluding carboxylic acids is 2. The molecule has 8 nitrogen and oxygen atoms in total. The smallest absolute Gasteiger partial charge is 0.335 e. The molecule has 1 atom stereocenters. The van der Waals surface area contributed by atoms with Crippen LogP contribution in [-0.2, 0) is 17.8 Å². The van der Waals surface area contributed by atoms with E-state index in [-0.39, 0.29) is 23.1 Å². The highest BCUT2D eigenvalue weighted by molar-refractivity contribution is 7.15. The predicted octanol–water partition coefficient (Wildman–Crippen LogP) is 8.32. The van der Waals surface area contributed by atoms with E-state index in [1.807, 2.05) is 84.9 Å². The van der Waals surface area contributed by atoms with Crippen LogP contribution in [0, 0.1) is 5.92 Å². The van der Waals surface area contributed by atoms with Gasteiger partial charge in [0.1, 0.15) is 23.1 Å². The highest BCUT2D eigenvalue weighted by Crippen LogP contribution is 2.36. The molecule has 1 aliphatic carbocycles. The Morgan fingerprint density at radius 1 is 0.833 bits per heavy atom. The maximum atomic E-state index is 13.7. The minimum atomic E-state index is -1.08. The average Bonchev–Trinajstić information content (AvgIpc) is 3.58. The number of hydrogen-bond donors (Lipinski definition) is 3. The molecule has 9 heteroatoms. The van der Waals surface area contributed by atoms with Gasteiger partial charge in [0.05, 0.1) is 16.5 Å². The fourth-order valence-corrected chi connectivity index (χ4v) is 7.02. The Balaban J connectivity index is 1.29. The van der Waals surface area contributed by atoms with Crippen molar-refractivity contribution in [2.75, 3.05) is 5.32 Å². The van der Waals surface area contributed by atoms with E-state index in [4.69, 9.17) is 9.72 Å².